The number of alkyl halides is 3. The molecular weight excluding hydrogens is 291 g/mol. The van der Waals surface area contributed by atoms with Crippen molar-refractivity contribution < 1.29 is 13.2 Å². The van der Waals surface area contributed by atoms with Crippen LogP contribution >= 0.6 is 0 Å². The van der Waals surface area contributed by atoms with E-state index in [1.165, 1.54) is 18.9 Å². The first-order valence-corrected chi connectivity index (χ1v) is 7.80. The summed E-state index contributed by atoms with van der Waals surface area (Å²) in [6.45, 7) is 7.05. The number of anilines is 1. The van der Waals surface area contributed by atoms with E-state index < -0.39 is 11.7 Å². The van der Waals surface area contributed by atoms with Gasteiger partial charge in [0, 0.05) is 38.4 Å². The summed E-state index contributed by atoms with van der Waals surface area (Å²) in [6, 6.07) is 4.08. The van der Waals surface area contributed by atoms with Crippen molar-refractivity contribution in [1.29, 1.82) is 0 Å². The van der Waals surface area contributed by atoms with Gasteiger partial charge in [0.25, 0.3) is 0 Å². The summed E-state index contributed by atoms with van der Waals surface area (Å²) in [5.74, 6) is 0. The van der Waals surface area contributed by atoms with Crippen molar-refractivity contribution in [3.8, 4) is 0 Å². The predicted molar refractivity (Wildman–Crippen MR) is 82.5 cm³/mol. The number of unbranched alkanes of at least 4 members (excludes halogenated alkanes) is 1. The van der Waals surface area contributed by atoms with Crippen LogP contribution in [-0.2, 0) is 12.7 Å². The van der Waals surface area contributed by atoms with E-state index in [1.54, 1.807) is 6.07 Å². The molecule has 0 bridgehead atoms. The standard InChI is InChI=1S/C16H24F3N3/c1-2-3-6-21-7-9-22(10-8-21)12-13-4-5-14(20)11-15(13)16(17,18)19/h4-5,11H,2-3,6-10,12,20H2,1H3. The monoisotopic (exact) mass is 315 g/mol. The fourth-order valence-electron chi connectivity index (χ4n) is 2.79. The number of nitrogens with zero attached hydrogens (tertiary/aromatic N) is 2. The third-order valence-electron chi connectivity index (χ3n) is 4.13. The lowest BCUT2D eigenvalue weighted by Crippen LogP contribution is -2.46. The maximum atomic E-state index is 13.1. The molecular formula is C16H24F3N3. The number of halogens is 3. The molecule has 0 unspecified atom stereocenters. The van der Waals surface area contributed by atoms with E-state index in [0.29, 0.717) is 12.1 Å². The minimum atomic E-state index is -4.35. The molecule has 1 aliphatic heterocycles. The fraction of sp³-hybridized carbons (Fsp3) is 0.625. The zero-order valence-electron chi connectivity index (χ0n) is 13.0. The van der Waals surface area contributed by atoms with Crippen LogP contribution in [0.25, 0.3) is 0 Å². The van der Waals surface area contributed by atoms with Crippen LogP contribution in [0.3, 0.4) is 0 Å². The minimum absolute atomic E-state index is 0.153. The number of piperazine rings is 1. The van der Waals surface area contributed by atoms with Gasteiger partial charge in [-0.1, -0.05) is 19.4 Å². The number of rotatable bonds is 5. The van der Waals surface area contributed by atoms with Crippen molar-refractivity contribution in [1.82, 2.24) is 9.80 Å². The van der Waals surface area contributed by atoms with Crippen LogP contribution in [0.2, 0.25) is 0 Å². The van der Waals surface area contributed by atoms with Crippen LogP contribution in [0.4, 0.5) is 18.9 Å². The van der Waals surface area contributed by atoms with Gasteiger partial charge in [-0.05, 0) is 30.7 Å². The zero-order chi connectivity index (χ0) is 16.2. The van der Waals surface area contributed by atoms with Crippen LogP contribution in [-0.4, -0.2) is 42.5 Å². The number of hydrogen-bond donors (Lipinski definition) is 1. The van der Waals surface area contributed by atoms with Gasteiger partial charge < -0.3 is 10.6 Å². The molecule has 0 spiro atoms. The summed E-state index contributed by atoms with van der Waals surface area (Å²) in [4.78, 5) is 4.47. The van der Waals surface area contributed by atoms with Gasteiger partial charge in [-0.15, -0.1) is 0 Å². The highest BCUT2D eigenvalue weighted by atomic mass is 19.4. The molecule has 124 valence electrons. The summed E-state index contributed by atoms with van der Waals surface area (Å²) in [5, 5.41) is 0. The molecule has 0 aromatic heterocycles. The number of nitrogen functional groups attached to an aromatic ring is 1. The largest absolute Gasteiger partial charge is 0.416 e. The molecule has 22 heavy (non-hydrogen) atoms. The smallest absolute Gasteiger partial charge is 0.399 e. The Balaban J connectivity index is 1.98. The lowest BCUT2D eigenvalue weighted by molar-refractivity contribution is -0.138. The molecule has 1 aromatic rings. The molecule has 3 nitrogen and oxygen atoms in total. The quantitative estimate of drug-likeness (QED) is 0.847. The van der Waals surface area contributed by atoms with E-state index in [0.717, 1.165) is 38.8 Å². The van der Waals surface area contributed by atoms with Gasteiger partial charge in [-0.2, -0.15) is 13.2 Å². The summed E-state index contributed by atoms with van der Waals surface area (Å²) < 4.78 is 39.3. The normalized spacial score (nSPS) is 17.8. The Hall–Kier alpha value is -1.27. The maximum absolute atomic E-state index is 13.1. The summed E-state index contributed by atoms with van der Waals surface area (Å²) in [5.41, 5.74) is 5.35. The second-order valence-corrected chi connectivity index (χ2v) is 5.89. The van der Waals surface area contributed by atoms with Gasteiger partial charge in [0.2, 0.25) is 0 Å². The van der Waals surface area contributed by atoms with Crippen LogP contribution in [0.5, 0.6) is 0 Å². The van der Waals surface area contributed by atoms with Crippen molar-refractivity contribution in [2.24, 2.45) is 0 Å². The van der Waals surface area contributed by atoms with E-state index in [2.05, 4.69) is 16.7 Å². The molecule has 1 saturated heterocycles. The minimum Gasteiger partial charge on any atom is -0.399 e. The Labute approximate surface area is 129 Å². The lowest BCUT2D eigenvalue weighted by atomic mass is 10.0. The molecule has 0 amide bonds. The second kappa shape index (κ2) is 7.33. The Morgan fingerprint density at radius 2 is 1.73 bits per heavy atom. The highest BCUT2D eigenvalue weighted by Crippen LogP contribution is 2.34. The lowest BCUT2D eigenvalue weighted by Gasteiger charge is -2.35. The number of benzene rings is 1. The zero-order valence-corrected chi connectivity index (χ0v) is 13.0. The molecule has 0 aliphatic carbocycles. The molecule has 2 rings (SSSR count). The first kappa shape index (κ1) is 17.1. The van der Waals surface area contributed by atoms with Crippen molar-refractivity contribution in [3.05, 3.63) is 29.3 Å². The molecule has 6 heteroatoms. The first-order chi connectivity index (χ1) is 10.4. The van der Waals surface area contributed by atoms with E-state index >= 15 is 0 Å². The highest BCUT2D eigenvalue weighted by molar-refractivity contribution is 5.46. The Morgan fingerprint density at radius 3 is 2.32 bits per heavy atom. The molecule has 2 N–H and O–H groups in total. The first-order valence-electron chi connectivity index (χ1n) is 7.80. The van der Waals surface area contributed by atoms with Crippen LogP contribution < -0.4 is 5.73 Å². The van der Waals surface area contributed by atoms with Gasteiger partial charge in [0.1, 0.15) is 0 Å². The molecule has 1 aromatic carbocycles. The average Bonchev–Trinajstić information content (AvgIpc) is 2.47. The third-order valence-corrected chi connectivity index (χ3v) is 4.13. The topological polar surface area (TPSA) is 32.5 Å². The van der Waals surface area contributed by atoms with Crippen molar-refractivity contribution in [2.45, 2.75) is 32.5 Å². The Morgan fingerprint density at radius 1 is 1.09 bits per heavy atom. The summed E-state index contributed by atoms with van der Waals surface area (Å²) >= 11 is 0. The van der Waals surface area contributed by atoms with Crippen molar-refractivity contribution in [3.63, 3.8) is 0 Å². The molecule has 0 saturated carbocycles. The average molecular weight is 315 g/mol. The van der Waals surface area contributed by atoms with Crippen LogP contribution in [0.1, 0.15) is 30.9 Å². The van der Waals surface area contributed by atoms with E-state index in [4.69, 9.17) is 5.73 Å². The van der Waals surface area contributed by atoms with Crippen molar-refractivity contribution >= 4 is 5.69 Å². The van der Waals surface area contributed by atoms with Gasteiger partial charge in [-0.25, -0.2) is 0 Å². The van der Waals surface area contributed by atoms with E-state index in [9.17, 15) is 13.2 Å². The second-order valence-electron chi connectivity index (χ2n) is 5.89. The molecule has 1 aliphatic rings. The number of nitrogens with two attached hydrogens (primary N) is 1. The van der Waals surface area contributed by atoms with Gasteiger partial charge >= 0.3 is 6.18 Å². The predicted octanol–water partition coefficient (Wildman–Crippen LogP) is 3.21. The van der Waals surface area contributed by atoms with Crippen molar-refractivity contribution in [2.75, 3.05) is 38.5 Å². The van der Waals surface area contributed by atoms with E-state index in [1.807, 2.05) is 0 Å². The molecule has 0 radical (unpaired) electrons. The molecule has 1 fully saturated rings. The number of hydrogen-bond acceptors (Lipinski definition) is 3. The van der Waals surface area contributed by atoms with Crippen LogP contribution in [0.15, 0.2) is 18.2 Å². The Kier molecular flexibility index (Phi) is 5.69. The molecule has 1 heterocycles. The molecule has 0 atom stereocenters. The van der Waals surface area contributed by atoms with Crippen LogP contribution in [0, 0.1) is 0 Å². The van der Waals surface area contributed by atoms with Gasteiger partial charge in [-0.3, -0.25) is 4.90 Å². The van der Waals surface area contributed by atoms with Gasteiger partial charge in [0.05, 0.1) is 5.56 Å². The Bertz CT molecular complexity index is 480. The maximum Gasteiger partial charge on any atom is 0.416 e. The van der Waals surface area contributed by atoms with E-state index in [-0.39, 0.29) is 5.69 Å². The third kappa shape index (κ3) is 4.61. The van der Waals surface area contributed by atoms with Gasteiger partial charge in [0.15, 0.2) is 0 Å². The highest BCUT2D eigenvalue weighted by Gasteiger charge is 2.34. The summed E-state index contributed by atoms with van der Waals surface area (Å²) in [6.07, 6.45) is -2.01. The summed E-state index contributed by atoms with van der Waals surface area (Å²) in [7, 11) is 0. The SMILES string of the molecule is CCCCN1CCN(Cc2ccc(N)cc2C(F)(F)F)CC1. The fourth-order valence-corrected chi connectivity index (χ4v) is 2.79.